The second kappa shape index (κ2) is 13.1. The Balaban J connectivity index is 1.21. The largest absolute Gasteiger partial charge is 0.208 e. The molecule has 4 heteroatoms. The van der Waals surface area contributed by atoms with Crippen molar-refractivity contribution in [3.8, 4) is 67.5 Å². The smallest absolute Gasteiger partial charge is 0.165 e. The highest BCUT2D eigenvalue weighted by Crippen LogP contribution is 2.46. The SMILES string of the molecule is c1ccc(-c2cc(-c3ccccc3)cc(-c3cc4sc5c(-c6nc(-c7ccccc7)nc(-c7ccccc7)n6)cccc5c4c4ccccc34)c2)cc1. The van der Waals surface area contributed by atoms with E-state index >= 15 is 0 Å². The normalized spacial score (nSPS) is 11.4. The van der Waals surface area contributed by atoms with Gasteiger partial charge in [0.05, 0.1) is 0 Å². The van der Waals surface area contributed by atoms with Crippen LogP contribution in [-0.2, 0) is 0 Å². The van der Waals surface area contributed by atoms with Crippen molar-refractivity contribution in [2.24, 2.45) is 0 Å². The lowest BCUT2D eigenvalue weighted by molar-refractivity contribution is 1.08. The van der Waals surface area contributed by atoms with Gasteiger partial charge >= 0.3 is 0 Å². The van der Waals surface area contributed by atoms with E-state index in [1.165, 1.54) is 59.6 Å². The van der Waals surface area contributed by atoms with Crippen molar-refractivity contribution in [1.29, 1.82) is 0 Å². The molecule has 0 saturated carbocycles. The van der Waals surface area contributed by atoms with Crippen molar-refractivity contribution in [2.75, 3.05) is 0 Å². The molecule has 0 atom stereocenters. The van der Waals surface area contributed by atoms with Gasteiger partial charge in [-0.3, -0.25) is 0 Å². The Morgan fingerprint density at radius 3 is 1.32 bits per heavy atom. The minimum atomic E-state index is 0.660. The zero-order valence-electron chi connectivity index (χ0n) is 28.6. The fraction of sp³-hybridized carbons (Fsp3) is 0. The van der Waals surface area contributed by atoms with Crippen molar-refractivity contribution < 1.29 is 0 Å². The van der Waals surface area contributed by atoms with E-state index in [1.54, 1.807) is 0 Å². The zero-order chi connectivity index (χ0) is 35.1. The predicted molar refractivity (Wildman–Crippen MR) is 223 cm³/mol. The maximum atomic E-state index is 5.11. The number of hydrogen-bond donors (Lipinski definition) is 0. The number of nitrogens with zero attached hydrogens (tertiary/aromatic N) is 3. The summed E-state index contributed by atoms with van der Waals surface area (Å²) in [5, 5.41) is 4.93. The lowest BCUT2D eigenvalue weighted by Gasteiger charge is -2.14. The molecule has 8 aromatic carbocycles. The Hall–Kier alpha value is -6.75. The van der Waals surface area contributed by atoms with Gasteiger partial charge in [-0.1, -0.05) is 158 Å². The van der Waals surface area contributed by atoms with E-state index < -0.39 is 0 Å². The summed E-state index contributed by atoms with van der Waals surface area (Å²) in [5.74, 6) is 1.99. The van der Waals surface area contributed by atoms with Crippen LogP contribution in [0.3, 0.4) is 0 Å². The quantitative estimate of drug-likeness (QED) is 0.174. The maximum Gasteiger partial charge on any atom is 0.165 e. The van der Waals surface area contributed by atoms with E-state index in [-0.39, 0.29) is 0 Å². The number of aromatic nitrogens is 3. The highest BCUT2D eigenvalue weighted by molar-refractivity contribution is 7.26. The Kier molecular flexibility index (Phi) is 7.67. The van der Waals surface area contributed by atoms with Gasteiger partial charge in [-0.2, -0.15) is 0 Å². The van der Waals surface area contributed by atoms with Gasteiger partial charge in [-0.05, 0) is 74.5 Å². The third kappa shape index (κ3) is 5.66. The van der Waals surface area contributed by atoms with E-state index in [2.05, 4.69) is 152 Å². The molecule has 10 rings (SSSR count). The molecule has 0 radical (unpaired) electrons. The fourth-order valence-corrected chi connectivity index (χ4v) is 8.65. The molecule has 2 aromatic heterocycles. The third-order valence-corrected chi connectivity index (χ3v) is 11.1. The monoisotopic (exact) mass is 693 g/mol. The molecule has 0 aliphatic heterocycles. The lowest BCUT2D eigenvalue weighted by Crippen LogP contribution is -2.00. The summed E-state index contributed by atoms with van der Waals surface area (Å²) in [5.41, 5.74) is 10.1. The van der Waals surface area contributed by atoms with Crippen LogP contribution in [0.5, 0.6) is 0 Å². The van der Waals surface area contributed by atoms with Crippen molar-refractivity contribution in [2.45, 2.75) is 0 Å². The van der Waals surface area contributed by atoms with Crippen LogP contribution in [-0.4, -0.2) is 15.0 Å². The highest BCUT2D eigenvalue weighted by atomic mass is 32.1. The molecular weight excluding hydrogens is 663 g/mol. The summed E-state index contributed by atoms with van der Waals surface area (Å²) in [6.07, 6.45) is 0. The average molecular weight is 694 g/mol. The minimum Gasteiger partial charge on any atom is -0.208 e. The fourth-order valence-electron chi connectivity index (χ4n) is 7.38. The first-order chi connectivity index (χ1) is 26.3. The van der Waals surface area contributed by atoms with Crippen LogP contribution in [0.1, 0.15) is 0 Å². The molecular formula is C49H31N3S. The van der Waals surface area contributed by atoms with E-state index in [0.717, 1.165) is 21.4 Å². The summed E-state index contributed by atoms with van der Waals surface area (Å²) in [4.78, 5) is 15.2. The van der Waals surface area contributed by atoms with E-state index in [4.69, 9.17) is 15.0 Å². The summed E-state index contributed by atoms with van der Waals surface area (Å²) < 4.78 is 2.39. The first-order valence-corrected chi connectivity index (χ1v) is 18.6. The summed E-state index contributed by atoms with van der Waals surface area (Å²) in [7, 11) is 0. The van der Waals surface area contributed by atoms with Gasteiger partial charge < -0.3 is 0 Å². The van der Waals surface area contributed by atoms with Gasteiger partial charge in [0.15, 0.2) is 17.5 Å². The summed E-state index contributed by atoms with van der Waals surface area (Å²) in [6.45, 7) is 0. The van der Waals surface area contributed by atoms with Gasteiger partial charge in [0.2, 0.25) is 0 Å². The molecule has 0 N–H and O–H groups in total. The second-order valence-electron chi connectivity index (χ2n) is 13.2. The van der Waals surface area contributed by atoms with Crippen LogP contribution < -0.4 is 0 Å². The molecule has 0 fully saturated rings. The summed E-state index contributed by atoms with van der Waals surface area (Å²) in [6, 6.07) is 66.4. The molecule has 0 spiro atoms. The number of hydrogen-bond acceptors (Lipinski definition) is 4. The number of thiophene rings is 1. The summed E-state index contributed by atoms with van der Waals surface area (Å²) >= 11 is 1.81. The van der Waals surface area contributed by atoms with Gasteiger partial charge in [0.1, 0.15) is 0 Å². The highest BCUT2D eigenvalue weighted by Gasteiger charge is 2.19. The van der Waals surface area contributed by atoms with Gasteiger partial charge in [-0.25, -0.2) is 15.0 Å². The molecule has 0 unspecified atom stereocenters. The maximum absolute atomic E-state index is 5.11. The first-order valence-electron chi connectivity index (χ1n) is 17.8. The van der Waals surface area contributed by atoms with Crippen molar-refractivity contribution in [3.05, 3.63) is 188 Å². The lowest BCUT2D eigenvalue weighted by atomic mass is 9.90. The molecule has 10 aromatic rings. The molecule has 3 nitrogen and oxygen atoms in total. The second-order valence-corrected chi connectivity index (χ2v) is 14.2. The van der Waals surface area contributed by atoms with Gasteiger partial charge in [0.25, 0.3) is 0 Å². The topological polar surface area (TPSA) is 38.7 Å². The molecule has 0 aliphatic carbocycles. The van der Waals surface area contributed by atoms with Crippen LogP contribution in [0.4, 0.5) is 0 Å². The van der Waals surface area contributed by atoms with E-state index in [0.29, 0.717) is 17.5 Å². The third-order valence-electron chi connectivity index (χ3n) is 9.90. The van der Waals surface area contributed by atoms with E-state index in [9.17, 15) is 0 Å². The standard InChI is InChI=1S/C49H31N3S/c1-5-16-32(17-6-1)36-28-37(33-18-7-2-8-19-33)30-38(29-36)43-31-44-45(40-25-14-13-24-39(40)43)41-26-15-27-42(46(41)53-44)49-51-47(34-20-9-3-10-21-34)50-48(52-49)35-22-11-4-12-23-35/h1-31H. The predicted octanol–water partition coefficient (Wildman–Crippen LogP) is 13.4. The van der Waals surface area contributed by atoms with Gasteiger partial charge in [-0.15, -0.1) is 11.3 Å². The van der Waals surface area contributed by atoms with Crippen LogP contribution in [0.2, 0.25) is 0 Å². The number of benzene rings is 8. The van der Waals surface area contributed by atoms with Gasteiger partial charge in [0, 0.05) is 36.9 Å². The molecule has 0 amide bonds. The molecule has 2 heterocycles. The molecule has 248 valence electrons. The Morgan fingerprint density at radius 2 is 0.755 bits per heavy atom. The Morgan fingerprint density at radius 1 is 0.302 bits per heavy atom. The van der Waals surface area contributed by atoms with Crippen molar-refractivity contribution in [3.63, 3.8) is 0 Å². The molecule has 53 heavy (non-hydrogen) atoms. The number of fused-ring (bicyclic) bond motifs is 5. The Bertz CT molecular complexity index is 2810. The first kappa shape index (κ1) is 31.0. The molecule has 0 bridgehead atoms. The number of rotatable bonds is 6. The molecule has 0 saturated heterocycles. The minimum absolute atomic E-state index is 0.660. The van der Waals surface area contributed by atoms with Crippen LogP contribution in [0.25, 0.3) is 98.5 Å². The average Bonchev–Trinajstić information content (AvgIpc) is 3.63. The van der Waals surface area contributed by atoms with Crippen LogP contribution >= 0.6 is 11.3 Å². The van der Waals surface area contributed by atoms with Crippen molar-refractivity contribution in [1.82, 2.24) is 15.0 Å². The van der Waals surface area contributed by atoms with Crippen molar-refractivity contribution >= 4 is 42.3 Å². The van der Waals surface area contributed by atoms with Crippen LogP contribution in [0.15, 0.2) is 188 Å². The molecule has 0 aliphatic rings. The van der Waals surface area contributed by atoms with Crippen LogP contribution in [0, 0.1) is 0 Å². The zero-order valence-corrected chi connectivity index (χ0v) is 29.5. The Labute approximate surface area is 311 Å². The van der Waals surface area contributed by atoms with E-state index in [1.807, 2.05) is 47.7 Å².